The summed E-state index contributed by atoms with van der Waals surface area (Å²) in [4.78, 5) is 2.26. The Bertz CT molecular complexity index is 446. The lowest BCUT2D eigenvalue weighted by atomic mass is 9.79. The molecular weight excluding hydrogens is 227 g/mol. The number of nitrogens with two attached hydrogens (primary N) is 1. The summed E-state index contributed by atoms with van der Waals surface area (Å²) in [6.45, 7) is 0. The predicted molar refractivity (Wildman–Crippen MR) is 72.1 cm³/mol. The van der Waals surface area contributed by atoms with Gasteiger partial charge in [0.1, 0.15) is 5.82 Å². The SMILES string of the molecule is CN1c2cc(F)ccc2C(N)C2CCCCCC21. The summed E-state index contributed by atoms with van der Waals surface area (Å²) in [6.07, 6.45) is 6.23. The average molecular weight is 248 g/mol. The molecule has 3 heteroatoms. The Morgan fingerprint density at radius 1 is 1.22 bits per heavy atom. The van der Waals surface area contributed by atoms with Gasteiger partial charge in [-0.15, -0.1) is 0 Å². The maximum absolute atomic E-state index is 13.4. The van der Waals surface area contributed by atoms with Gasteiger partial charge in [-0.05, 0) is 36.5 Å². The minimum Gasteiger partial charge on any atom is -0.371 e. The van der Waals surface area contributed by atoms with Gasteiger partial charge in [0.2, 0.25) is 0 Å². The second-order valence-corrected chi connectivity index (χ2v) is 5.71. The van der Waals surface area contributed by atoms with E-state index in [1.807, 2.05) is 6.07 Å². The molecule has 2 nitrogen and oxygen atoms in total. The van der Waals surface area contributed by atoms with Gasteiger partial charge in [-0.1, -0.05) is 25.3 Å². The summed E-state index contributed by atoms with van der Waals surface area (Å²) < 4.78 is 13.4. The minimum atomic E-state index is -0.167. The normalized spacial score (nSPS) is 31.5. The first kappa shape index (κ1) is 12.0. The number of halogens is 1. The molecule has 3 unspecified atom stereocenters. The van der Waals surface area contributed by atoms with E-state index < -0.39 is 0 Å². The van der Waals surface area contributed by atoms with Crippen LogP contribution in [0.2, 0.25) is 0 Å². The van der Waals surface area contributed by atoms with Gasteiger partial charge in [0.15, 0.2) is 0 Å². The van der Waals surface area contributed by atoms with Crippen LogP contribution in [0.15, 0.2) is 18.2 Å². The summed E-state index contributed by atoms with van der Waals surface area (Å²) in [7, 11) is 2.09. The summed E-state index contributed by atoms with van der Waals surface area (Å²) >= 11 is 0. The zero-order valence-electron chi connectivity index (χ0n) is 10.9. The van der Waals surface area contributed by atoms with Crippen LogP contribution in [0.1, 0.15) is 43.7 Å². The highest BCUT2D eigenvalue weighted by Crippen LogP contribution is 2.43. The van der Waals surface area contributed by atoms with Crippen molar-refractivity contribution in [2.75, 3.05) is 11.9 Å². The summed E-state index contributed by atoms with van der Waals surface area (Å²) in [6, 6.07) is 5.59. The molecular formula is C15H21FN2. The third-order valence-corrected chi connectivity index (χ3v) is 4.72. The lowest BCUT2D eigenvalue weighted by Crippen LogP contribution is -2.46. The van der Waals surface area contributed by atoms with E-state index in [2.05, 4.69) is 11.9 Å². The van der Waals surface area contributed by atoms with E-state index in [9.17, 15) is 4.39 Å². The Balaban J connectivity index is 2.04. The van der Waals surface area contributed by atoms with Crippen molar-refractivity contribution in [3.8, 4) is 0 Å². The molecule has 1 saturated carbocycles. The van der Waals surface area contributed by atoms with Gasteiger partial charge in [-0.2, -0.15) is 0 Å². The zero-order chi connectivity index (χ0) is 12.7. The van der Waals surface area contributed by atoms with Gasteiger partial charge in [0.25, 0.3) is 0 Å². The van der Waals surface area contributed by atoms with Crippen molar-refractivity contribution in [3.05, 3.63) is 29.6 Å². The quantitative estimate of drug-likeness (QED) is 0.764. The van der Waals surface area contributed by atoms with E-state index in [-0.39, 0.29) is 11.9 Å². The zero-order valence-corrected chi connectivity index (χ0v) is 10.9. The molecule has 0 saturated heterocycles. The van der Waals surface area contributed by atoms with Crippen LogP contribution in [0, 0.1) is 11.7 Å². The molecule has 1 fully saturated rings. The highest BCUT2D eigenvalue weighted by Gasteiger charge is 2.38. The maximum atomic E-state index is 13.4. The lowest BCUT2D eigenvalue weighted by molar-refractivity contribution is 0.310. The van der Waals surface area contributed by atoms with Gasteiger partial charge in [0.05, 0.1) is 0 Å². The number of hydrogen-bond donors (Lipinski definition) is 1. The van der Waals surface area contributed by atoms with Crippen LogP contribution < -0.4 is 10.6 Å². The van der Waals surface area contributed by atoms with E-state index in [4.69, 9.17) is 5.73 Å². The molecule has 1 heterocycles. The van der Waals surface area contributed by atoms with Gasteiger partial charge in [-0.3, -0.25) is 0 Å². The second-order valence-electron chi connectivity index (χ2n) is 5.71. The molecule has 0 aromatic heterocycles. The Labute approximate surface area is 108 Å². The summed E-state index contributed by atoms with van der Waals surface area (Å²) in [5.41, 5.74) is 8.54. The van der Waals surface area contributed by atoms with Crippen molar-refractivity contribution in [2.24, 2.45) is 11.7 Å². The molecule has 1 aliphatic heterocycles. The van der Waals surface area contributed by atoms with Crippen LogP contribution in [-0.2, 0) is 0 Å². The van der Waals surface area contributed by atoms with Crippen molar-refractivity contribution in [3.63, 3.8) is 0 Å². The molecule has 3 rings (SSSR count). The number of nitrogens with zero attached hydrogens (tertiary/aromatic N) is 1. The number of anilines is 1. The van der Waals surface area contributed by atoms with Crippen LogP contribution in [-0.4, -0.2) is 13.1 Å². The van der Waals surface area contributed by atoms with Crippen LogP contribution in [0.3, 0.4) is 0 Å². The van der Waals surface area contributed by atoms with Crippen LogP contribution in [0.4, 0.5) is 10.1 Å². The van der Waals surface area contributed by atoms with Crippen molar-refractivity contribution >= 4 is 5.69 Å². The van der Waals surface area contributed by atoms with E-state index in [1.54, 1.807) is 6.07 Å². The Morgan fingerprint density at radius 2 is 2.00 bits per heavy atom. The molecule has 2 N–H and O–H groups in total. The number of benzene rings is 1. The lowest BCUT2D eigenvalue weighted by Gasteiger charge is -2.44. The summed E-state index contributed by atoms with van der Waals surface area (Å²) in [5.74, 6) is 0.357. The summed E-state index contributed by atoms with van der Waals surface area (Å²) in [5, 5.41) is 0. The van der Waals surface area contributed by atoms with Gasteiger partial charge in [0, 0.05) is 24.8 Å². The van der Waals surface area contributed by atoms with Gasteiger partial charge < -0.3 is 10.6 Å². The third kappa shape index (κ3) is 1.81. The van der Waals surface area contributed by atoms with Gasteiger partial charge in [-0.25, -0.2) is 4.39 Å². The smallest absolute Gasteiger partial charge is 0.125 e. The molecule has 98 valence electrons. The molecule has 1 aliphatic carbocycles. The van der Waals surface area contributed by atoms with E-state index in [0.717, 1.165) is 11.3 Å². The van der Waals surface area contributed by atoms with Crippen molar-refractivity contribution in [1.29, 1.82) is 0 Å². The minimum absolute atomic E-state index is 0.0694. The molecule has 3 atom stereocenters. The Kier molecular flexibility index (Phi) is 3.02. The maximum Gasteiger partial charge on any atom is 0.125 e. The standard InChI is InChI=1S/C15H21FN2/c1-18-13-6-4-2-3-5-11(13)15(17)12-8-7-10(16)9-14(12)18/h7-9,11,13,15H,2-6,17H2,1H3. The van der Waals surface area contributed by atoms with Crippen molar-refractivity contribution in [1.82, 2.24) is 0 Å². The number of hydrogen-bond acceptors (Lipinski definition) is 2. The van der Waals surface area contributed by atoms with Crippen LogP contribution >= 0.6 is 0 Å². The fourth-order valence-corrected chi connectivity index (χ4v) is 3.73. The third-order valence-electron chi connectivity index (χ3n) is 4.72. The average Bonchev–Trinajstić information content (AvgIpc) is 2.61. The first-order valence-corrected chi connectivity index (χ1v) is 6.96. The first-order valence-electron chi connectivity index (χ1n) is 6.96. The first-order chi connectivity index (χ1) is 8.68. The van der Waals surface area contributed by atoms with Crippen molar-refractivity contribution < 1.29 is 4.39 Å². The molecule has 0 bridgehead atoms. The largest absolute Gasteiger partial charge is 0.371 e. The highest BCUT2D eigenvalue weighted by atomic mass is 19.1. The second kappa shape index (κ2) is 4.54. The van der Waals surface area contributed by atoms with Gasteiger partial charge >= 0.3 is 0 Å². The molecule has 0 amide bonds. The van der Waals surface area contributed by atoms with Crippen LogP contribution in [0.5, 0.6) is 0 Å². The predicted octanol–water partition coefficient (Wildman–Crippen LogP) is 3.22. The van der Waals surface area contributed by atoms with E-state index in [0.29, 0.717) is 12.0 Å². The number of fused-ring (bicyclic) bond motifs is 2. The molecule has 18 heavy (non-hydrogen) atoms. The monoisotopic (exact) mass is 248 g/mol. The molecule has 0 spiro atoms. The fraction of sp³-hybridized carbons (Fsp3) is 0.600. The van der Waals surface area contributed by atoms with E-state index in [1.165, 1.54) is 38.2 Å². The topological polar surface area (TPSA) is 29.3 Å². The van der Waals surface area contributed by atoms with E-state index >= 15 is 0 Å². The Hall–Kier alpha value is -1.09. The fourth-order valence-electron chi connectivity index (χ4n) is 3.73. The Morgan fingerprint density at radius 3 is 2.83 bits per heavy atom. The number of rotatable bonds is 0. The molecule has 2 aliphatic rings. The molecule has 1 aromatic carbocycles. The van der Waals surface area contributed by atoms with Crippen molar-refractivity contribution in [2.45, 2.75) is 44.2 Å². The highest BCUT2D eigenvalue weighted by molar-refractivity contribution is 5.58. The molecule has 1 aromatic rings. The van der Waals surface area contributed by atoms with Crippen LogP contribution in [0.25, 0.3) is 0 Å². The molecule has 0 radical (unpaired) electrons.